The molecule has 304 valence electrons. The standard InChI is InChI=1S/C40H54N6O9S/c1-23-9-7-8-10-25-21-40(25,37(49)44-56(51,52)27-11-12-27)43-34(47)31-20-26(22-46(31)36(48)32(24(2)19-23)42-38(50)55-39(3,4)5)54-35-29-13-14-30-33(28(29)15-16-41-35)53-18-17-45(30)6/h8,10,13-16,23-27,31-32H,7,9,11-12,17-22H2,1-6H3,(H,42,50)(H,43,47)(H,44,49)/b10-8-/t23-,24+,25+,26+,31-,32-,40+/m0/s1/i3D3,4D3,5D3. The minimum absolute atomic E-state index is 0.0597. The number of aromatic nitrogens is 1. The van der Waals surface area contributed by atoms with Crippen LogP contribution in [-0.4, -0.2) is 103 Å². The molecule has 0 spiro atoms. The highest BCUT2D eigenvalue weighted by molar-refractivity contribution is 7.91. The van der Waals surface area contributed by atoms with Gasteiger partial charge in [-0.2, -0.15) is 0 Å². The number of fused-ring (bicyclic) bond motifs is 5. The first-order valence-corrected chi connectivity index (χ1v) is 20.5. The average Bonchev–Trinajstić information content (AvgIpc) is 4.13. The third-order valence-electron chi connectivity index (χ3n) is 11.3. The topological polar surface area (TPSA) is 186 Å². The van der Waals surface area contributed by atoms with Crippen molar-refractivity contribution in [2.45, 2.75) is 114 Å². The summed E-state index contributed by atoms with van der Waals surface area (Å²) in [5, 5.41) is 5.57. The van der Waals surface area contributed by atoms with Crippen LogP contribution in [0.1, 0.15) is 91.7 Å². The molecule has 1 aromatic carbocycles. The molecule has 2 aromatic rings. The van der Waals surface area contributed by atoms with E-state index in [0.29, 0.717) is 55.4 Å². The van der Waals surface area contributed by atoms with Crippen molar-refractivity contribution in [3.05, 3.63) is 36.5 Å². The Kier molecular flexibility index (Phi) is 7.96. The number of pyridine rings is 1. The van der Waals surface area contributed by atoms with E-state index in [2.05, 4.69) is 20.3 Å². The Morgan fingerprint density at radius 3 is 2.64 bits per heavy atom. The fourth-order valence-corrected chi connectivity index (χ4v) is 9.46. The zero-order valence-corrected chi connectivity index (χ0v) is 32.3. The maximum atomic E-state index is 15.1. The van der Waals surface area contributed by atoms with Crippen molar-refractivity contribution in [3.8, 4) is 11.6 Å². The molecule has 1 aromatic heterocycles. The molecule has 16 heteroatoms. The van der Waals surface area contributed by atoms with Crippen molar-refractivity contribution in [2.24, 2.45) is 17.8 Å². The summed E-state index contributed by atoms with van der Waals surface area (Å²) in [6.45, 7) is -7.42. The summed E-state index contributed by atoms with van der Waals surface area (Å²) in [5.41, 5.74) is -4.86. The number of rotatable bonds is 6. The number of hydrogen-bond donors (Lipinski definition) is 3. The number of sulfonamides is 1. The number of hydrogen-bond acceptors (Lipinski definition) is 11. The van der Waals surface area contributed by atoms with Gasteiger partial charge in [0.25, 0.3) is 5.91 Å². The first-order valence-electron chi connectivity index (χ1n) is 23.5. The first kappa shape index (κ1) is 29.6. The van der Waals surface area contributed by atoms with E-state index < -0.39 is 101 Å². The van der Waals surface area contributed by atoms with Crippen molar-refractivity contribution >= 4 is 50.3 Å². The number of allylic oxidation sites excluding steroid dienone is 1. The van der Waals surface area contributed by atoms with Gasteiger partial charge in [0.1, 0.15) is 35.9 Å². The first-order chi connectivity index (χ1) is 30.2. The summed E-state index contributed by atoms with van der Waals surface area (Å²) < 4.78 is 117. The maximum Gasteiger partial charge on any atom is 0.408 e. The second-order valence-corrected chi connectivity index (χ2v) is 17.8. The number of alkyl carbamates (subject to hydrolysis) is 1. The fraction of sp³-hybridized carbons (Fsp3) is 0.625. The molecule has 4 amide bonds. The van der Waals surface area contributed by atoms with Crippen LogP contribution in [0.15, 0.2) is 36.5 Å². The zero-order chi connectivity index (χ0) is 47.7. The van der Waals surface area contributed by atoms with Crippen molar-refractivity contribution in [3.63, 3.8) is 0 Å². The largest absolute Gasteiger partial charge is 0.489 e. The maximum absolute atomic E-state index is 15.1. The molecule has 7 atom stereocenters. The van der Waals surface area contributed by atoms with Gasteiger partial charge >= 0.3 is 6.09 Å². The summed E-state index contributed by atoms with van der Waals surface area (Å²) in [4.78, 5) is 65.1. The van der Waals surface area contributed by atoms with Gasteiger partial charge in [0.05, 0.1) is 24.0 Å². The van der Waals surface area contributed by atoms with Crippen LogP contribution >= 0.6 is 0 Å². The van der Waals surface area contributed by atoms with Crippen molar-refractivity contribution in [1.29, 1.82) is 0 Å². The van der Waals surface area contributed by atoms with Crippen LogP contribution in [-0.2, 0) is 29.1 Å². The molecule has 4 heterocycles. The normalized spacial score (nSPS) is 33.4. The minimum atomic E-state index is -4.04. The quantitative estimate of drug-likeness (QED) is 0.361. The van der Waals surface area contributed by atoms with Gasteiger partial charge in [-0.1, -0.05) is 26.0 Å². The molecule has 0 bridgehead atoms. The number of nitrogens with zero attached hydrogens (tertiary/aromatic N) is 3. The molecule has 2 saturated carbocycles. The van der Waals surface area contributed by atoms with Gasteiger partial charge in [-0.15, -0.1) is 0 Å². The molecular formula is C40H54N6O9S. The third-order valence-corrected chi connectivity index (χ3v) is 13.2. The molecule has 0 unspecified atom stereocenters. The van der Waals surface area contributed by atoms with Gasteiger partial charge in [-0.05, 0) is 89.1 Å². The van der Waals surface area contributed by atoms with Crippen LogP contribution in [0.5, 0.6) is 11.6 Å². The average molecular weight is 804 g/mol. The smallest absolute Gasteiger partial charge is 0.408 e. The van der Waals surface area contributed by atoms with Crippen LogP contribution < -0.4 is 29.7 Å². The lowest BCUT2D eigenvalue weighted by Crippen LogP contribution is -2.59. The molecule has 56 heavy (non-hydrogen) atoms. The monoisotopic (exact) mass is 803 g/mol. The SMILES string of the molecule is [2H]C([2H])([2H])C(OC(=O)N[C@@H]1C(=O)N2C[C@H](Oc3nccc4c5c(ccc34)N(C)CCO5)C[C@H]2C(=O)N[C@]2(C(=O)NS(=O)(=O)C3CC3)C[C@H]2/C=C\CC[C@H](C)C[C@H]1C)(C([2H])([2H])[2H])C([2H])([2H])[2H]. The Morgan fingerprint density at radius 1 is 1.11 bits per heavy atom. The highest BCUT2D eigenvalue weighted by Gasteiger charge is 2.62. The number of amides is 4. The number of anilines is 1. The van der Waals surface area contributed by atoms with Gasteiger partial charge in [0.2, 0.25) is 27.7 Å². The van der Waals surface area contributed by atoms with Crippen LogP contribution in [0.2, 0.25) is 0 Å². The van der Waals surface area contributed by atoms with Crippen LogP contribution in [0.4, 0.5) is 10.5 Å². The summed E-state index contributed by atoms with van der Waals surface area (Å²) in [6, 6.07) is 2.34. The molecule has 3 fully saturated rings. The Bertz CT molecular complexity index is 2320. The van der Waals surface area contributed by atoms with Crippen molar-refractivity contribution < 1.29 is 54.1 Å². The highest BCUT2D eigenvalue weighted by atomic mass is 32.2. The number of carbonyl (C=O) groups excluding carboxylic acids is 4. The van der Waals surface area contributed by atoms with E-state index in [0.717, 1.165) is 10.6 Å². The zero-order valence-electron chi connectivity index (χ0n) is 40.5. The minimum Gasteiger partial charge on any atom is -0.489 e. The van der Waals surface area contributed by atoms with Crippen molar-refractivity contribution in [1.82, 2.24) is 25.2 Å². The Hall–Kier alpha value is -4.60. The third kappa shape index (κ3) is 8.25. The van der Waals surface area contributed by atoms with E-state index in [9.17, 15) is 22.8 Å². The highest BCUT2D eigenvalue weighted by Crippen LogP contribution is 2.46. The van der Waals surface area contributed by atoms with Gasteiger partial charge in [0.15, 0.2) is 5.75 Å². The van der Waals surface area contributed by atoms with E-state index in [-0.39, 0.29) is 37.6 Å². The lowest BCUT2D eigenvalue weighted by Gasteiger charge is -2.33. The summed E-state index contributed by atoms with van der Waals surface area (Å²) in [7, 11) is -2.10. The predicted octanol–water partition coefficient (Wildman–Crippen LogP) is 3.80. The van der Waals surface area contributed by atoms with E-state index in [1.165, 1.54) is 6.20 Å². The van der Waals surface area contributed by atoms with E-state index in [4.69, 9.17) is 26.5 Å². The molecular weight excluding hydrogens is 741 g/mol. The Labute approximate surface area is 340 Å². The number of likely N-dealkylation sites (N-methyl/N-ethyl adjacent to an activating group) is 1. The van der Waals surface area contributed by atoms with E-state index in [1.54, 1.807) is 25.1 Å². The molecule has 7 rings (SSSR count). The summed E-state index contributed by atoms with van der Waals surface area (Å²) in [6.07, 6.45) is 4.20. The lowest BCUT2D eigenvalue weighted by molar-refractivity contribution is -0.142. The van der Waals surface area contributed by atoms with Crippen molar-refractivity contribution in [2.75, 3.05) is 31.6 Å². The van der Waals surface area contributed by atoms with Gasteiger partial charge in [-0.25, -0.2) is 18.2 Å². The number of nitrogens with one attached hydrogen (secondary N) is 3. The van der Waals surface area contributed by atoms with Gasteiger partial charge < -0.3 is 34.6 Å². The van der Waals surface area contributed by atoms with Crippen LogP contribution in [0, 0.1) is 17.8 Å². The van der Waals surface area contributed by atoms with E-state index in [1.807, 2.05) is 31.0 Å². The molecule has 0 radical (unpaired) electrons. The molecule has 3 aliphatic heterocycles. The second kappa shape index (κ2) is 15.1. The molecule has 1 saturated heterocycles. The summed E-state index contributed by atoms with van der Waals surface area (Å²) in [5.74, 6) is -3.49. The number of benzene rings is 1. The second-order valence-electron chi connectivity index (χ2n) is 15.8. The fourth-order valence-electron chi connectivity index (χ4n) is 8.09. The molecule has 15 nitrogen and oxygen atoms in total. The summed E-state index contributed by atoms with van der Waals surface area (Å²) >= 11 is 0. The Balaban J connectivity index is 1.26. The number of ether oxygens (including phenoxy) is 3. The number of carbonyl (C=O) groups is 4. The van der Waals surface area contributed by atoms with Crippen LogP contribution in [0.3, 0.4) is 0 Å². The van der Waals surface area contributed by atoms with Crippen LogP contribution in [0.25, 0.3) is 10.8 Å². The molecule has 5 aliphatic rings. The van der Waals surface area contributed by atoms with Gasteiger partial charge in [-0.3, -0.25) is 19.1 Å². The lowest BCUT2D eigenvalue weighted by atomic mass is 9.88. The van der Waals surface area contributed by atoms with E-state index >= 15 is 4.79 Å². The molecule has 2 aliphatic carbocycles. The molecule has 3 N–H and O–H groups in total. The Morgan fingerprint density at radius 2 is 1.89 bits per heavy atom. The predicted molar refractivity (Wildman–Crippen MR) is 209 cm³/mol. The van der Waals surface area contributed by atoms with Gasteiger partial charge in [0, 0.05) is 48.7 Å².